The van der Waals surface area contributed by atoms with Gasteiger partial charge in [-0.2, -0.15) is 0 Å². The van der Waals surface area contributed by atoms with E-state index in [1.54, 1.807) is 0 Å². The molecule has 2 rings (SSSR count). The van der Waals surface area contributed by atoms with E-state index in [0.717, 1.165) is 12.8 Å². The Kier molecular flexibility index (Phi) is 1.03. The number of ether oxygens (including phenoxy) is 1. The van der Waals surface area contributed by atoms with E-state index in [2.05, 4.69) is 6.92 Å². The maximum atomic E-state index is 11.1. The number of ketones is 1. The molecule has 1 aliphatic carbocycles. The van der Waals surface area contributed by atoms with E-state index in [1.165, 1.54) is 0 Å². The maximum Gasteiger partial charge on any atom is 0.164 e. The fraction of sp³-hybridized carbons (Fsp3) is 0.875. The minimum Gasteiger partial charge on any atom is -0.358 e. The lowest BCUT2D eigenvalue weighted by molar-refractivity contribution is -0.121. The first kappa shape index (κ1) is 6.35. The molecule has 10 heavy (non-hydrogen) atoms. The van der Waals surface area contributed by atoms with Crippen LogP contribution in [0.1, 0.15) is 26.7 Å². The second kappa shape index (κ2) is 1.62. The molecule has 0 aromatic carbocycles. The average Bonchev–Trinajstić information content (AvgIpc) is 2.39. The minimum absolute atomic E-state index is 0.0382. The molecule has 0 spiro atoms. The first-order chi connectivity index (χ1) is 4.62. The monoisotopic (exact) mass is 140 g/mol. The van der Waals surface area contributed by atoms with Crippen LogP contribution < -0.4 is 0 Å². The zero-order valence-corrected chi connectivity index (χ0v) is 6.39. The summed E-state index contributed by atoms with van der Waals surface area (Å²) in [7, 11) is 0. The molecule has 0 radical (unpaired) electrons. The molecule has 3 atom stereocenters. The molecule has 0 aromatic rings. The van der Waals surface area contributed by atoms with Crippen molar-refractivity contribution in [3.63, 3.8) is 0 Å². The second-order valence-corrected chi connectivity index (χ2v) is 3.79. The van der Waals surface area contributed by atoms with Crippen LogP contribution in [0.25, 0.3) is 0 Å². The molecule has 1 saturated carbocycles. The number of epoxide rings is 1. The van der Waals surface area contributed by atoms with Gasteiger partial charge in [-0.05, 0) is 19.3 Å². The second-order valence-electron chi connectivity index (χ2n) is 3.79. The van der Waals surface area contributed by atoms with Crippen molar-refractivity contribution in [3.05, 3.63) is 0 Å². The maximum absolute atomic E-state index is 11.1. The fourth-order valence-electron chi connectivity index (χ4n) is 2.01. The number of carbonyl (C=O) groups is 1. The summed E-state index contributed by atoms with van der Waals surface area (Å²) in [5.41, 5.74) is -0.0608. The van der Waals surface area contributed by atoms with Crippen LogP contribution in [0.15, 0.2) is 0 Å². The van der Waals surface area contributed by atoms with Gasteiger partial charge in [0, 0.05) is 6.42 Å². The summed E-state index contributed by atoms with van der Waals surface area (Å²) in [6.07, 6.45) is 1.74. The molecule has 2 heteroatoms. The molecule has 0 amide bonds. The zero-order chi connectivity index (χ0) is 7.35. The van der Waals surface area contributed by atoms with Gasteiger partial charge in [0.2, 0.25) is 0 Å². The van der Waals surface area contributed by atoms with Crippen molar-refractivity contribution in [2.45, 2.75) is 38.4 Å². The summed E-state index contributed by atoms with van der Waals surface area (Å²) in [6.45, 7) is 4.15. The molecule has 56 valence electrons. The number of carbonyl (C=O) groups excluding carboxylic acids is 1. The lowest BCUT2D eigenvalue weighted by Gasteiger charge is -2.17. The van der Waals surface area contributed by atoms with Crippen LogP contribution in [-0.2, 0) is 9.53 Å². The van der Waals surface area contributed by atoms with Crippen molar-refractivity contribution in [3.8, 4) is 0 Å². The van der Waals surface area contributed by atoms with Crippen molar-refractivity contribution < 1.29 is 9.53 Å². The molecule has 0 aromatic heterocycles. The van der Waals surface area contributed by atoms with Crippen LogP contribution >= 0.6 is 0 Å². The van der Waals surface area contributed by atoms with Crippen LogP contribution in [-0.4, -0.2) is 17.5 Å². The van der Waals surface area contributed by atoms with E-state index in [1.807, 2.05) is 6.92 Å². The summed E-state index contributed by atoms with van der Waals surface area (Å²) in [5.74, 6) is 0.831. The highest BCUT2D eigenvalue weighted by atomic mass is 16.6. The lowest BCUT2D eigenvalue weighted by Crippen LogP contribution is -2.28. The first-order valence-electron chi connectivity index (χ1n) is 3.82. The smallest absolute Gasteiger partial charge is 0.164 e. The van der Waals surface area contributed by atoms with E-state index in [0.29, 0.717) is 11.7 Å². The van der Waals surface area contributed by atoms with E-state index >= 15 is 0 Å². The Morgan fingerprint density at radius 1 is 1.70 bits per heavy atom. The molecule has 1 heterocycles. The molecule has 0 N–H and O–H groups in total. The first-order valence-corrected chi connectivity index (χ1v) is 3.82. The highest BCUT2D eigenvalue weighted by Crippen LogP contribution is 2.47. The van der Waals surface area contributed by atoms with Crippen LogP contribution in [0.2, 0.25) is 0 Å². The third-order valence-electron chi connectivity index (χ3n) is 2.48. The van der Waals surface area contributed by atoms with E-state index in [4.69, 9.17) is 4.74 Å². The average molecular weight is 140 g/mol. The number of hydrogen-bond acceptors (Lipinski definition) is 2. The minimum atomic E-state index is -0.0608. The van der Waals surface area contributed by atoms with Gasteiger partial charge in [0.1, 0.15) is 6.10 Å². The fourth-order valence-corrected chi connectivity index (χ4v) is 2.01. The van der Waals surface area contributed by atoms with Gasteiger partial charge in [0.15, 0.2) is 5.78 Å². The van der Waals surface area contributed by atoms with Crippen LogP contribution in [0, 0.1) is 5.92 Å². The van der Waals surface area contributed by atoms with Crippen molar-refractivity contribution >= 4 is 5.78 Å². The topological polar surface area (TPSA) is 29.6 Å². The van der Waals surface area contributed by atoms with Crippen molar-refractivity contribution in [1.29, 1.82) is 0 Å². The molecule has 2 nitrogen and oxygen atoms in total. The summed E-state index contributed by atoms with van der Waals surface area (Å²) < 4.78 is 5.30. The van der Waals surface area contributed by atoms with Crippen LogP contribution in [0.3, 0.4) is 0 Å². The third-order valence-corrected chi connectivity index (χ3v) is 2.48. The molecule has 1 aliphatic heterocycles. The summed E-state index contributed by atoms with van der Waals surface area (Å²) in [4.78, 5) is 11.1. The molecule has 2 aliphatic rings. The summed E-state index contributed by atoms with van der Waals surface area (Å²) in [5, 5.41) is 0. The van der Waals surface area contributed by atoms with Gasteiger partial charge in [-0.15, -0.1) is 0 Å². The highest BCUT2D eigenvalue weighted by Gasteiger charge is 2.59. The third kappa shape index (κ3) is 0.717. The van der Waals surface area contributed by atoms with Gasteiger partial charge in [-0.3, -0.25) is 4.79 Å². The number of fused-ring (bicyclic) bond motifs is 1. The predicted octanol–water partition coefficient (Wildman–Crippen LogP) is 1.14. The molecule has 2 unspecified atom stereocenters. The standard InChI is InChI=1S/C8H12O2/c1-5-3-6(9)7-8(2,4-5)10-7/h5,7H,3-4H2,1-2H3/t5-,7?,8?/m1/s1. The van der Waals surface area contributed by atoms with Gasteiger partial charge >= 0.3 is 0 Å². The Bertz CT molecular complexity index is 188. The Morgan fingerprint density at radius 2 is 2.40 bits per heavy atom. The molecular weight excluding hydrogens is 128 g/mol. The Morgan fingerprint density at radius 3 is 3.00 bits per heavy atom. The molecular formula is C8H12O2. The van der Waals surface area contributed by atoms with Crippen LogP contribution in [0.5, 0.6) is 0 Å². The Balaban J connectivity index is 2.15. The van der Waals surface area contributed by atoms with Crippen molar-refractivity contribution in [1.82, 2.24) is 0 Å². The molecule has 2 fully saturated rings. The van der Waals surface area contributed by atoms with Crippen LogP contribution in [0.4, 0.5) is 0 Å². The lowest BCUT2D eigenvalue weighted by atomic mass is 9.83. The van der Waals surface area contributed by atoms with Gasteiger partial charge in [0.05, 0.1) is 5.60 Å². The van der Waals surface area contributed by atoms with E-state index in [9.17, 15) is 4.79 Å². The normalized spacial score (nSPS) is 52.4. The molecule has 0 bridgehead atoms. The number of Topliss-reactive ketones (excluding diaryl/α,β-unsaturated/α-hetero) is 1. The molecule has 1 saturated heterocycles. The van der Waals surface area contributed by atoms with E-state index < -0.39 is 0 Å². The van der Waals surface area contributed by atoms with E-state index in [-0.39, 0.29) is 11.7 Å². The van der Waals surface area contributed by atoms with Gasteiger partial charge in [0.25, 0.3) is 0 Å². The van der Waals surface area contributed by atoms with Gasteiger partial charge in [-0.1, -0.05) is 6.92 Å². The summed E-state index contributed by atoms with van der Waals surface area (Å²) >= 11 is 0. The van der Waals surface area contributed by atoms with Crippen molar-refractivity contribution in [2.75, 3.05) is 0 Å². The number of rotatable bonds is 0. The highest BCUT2D eigenvalue weighted by molar-refractivity contribution is 5.88. The zero-order valence-electron chi connectivity index (χ0n) is 6.39. The van der Waals surface area contributed by atoms with Gasteiger partial charge in [-0.25, -0.2) is 0 Å². The quantitative estimate of drug-likeness (QED) is 0.472. The Labute approximate surface area is 60.6 Å². The SMILES string of the molecule is C[C@@H]1CC(=O)C2OC2(C)C1. The van der Waals surface area contributed by atoms with Crippen molar-refractivity contribution in [2.24, 2.45) is 5.92 Å². The summed E-state index contributed by atoms with van der Waals surface area (Å²) in [6, 6.07) is 0. The Hall–Kier alpha value is -0.370. The van der Waals surface area contributed by atoms with Gasteiger partial charge < -0.3 is 4.74 Å². The number of hydrogen-bond donors (Lipinski definition) is 0. The largest absolute Gasteiger partial charge is 0.358 e. The predicted molar refractivity (Wildman–Crippen MR) is 36.7 cm³/mol.